The van der Waals surface area contributed by atoms with Crippen LogP contribution in [-0.2, 0) is 17.8 Å². The van der Waals surface area contributed by atoms with Crippen molar-refractivity contribution in [1.82, 2.24) is 20.1 Å². The van der Waals surface area contributed by atoms with Gasteiger partial charge < -0.3 is 14.6 Å². The van der Waals surface area contributed by atoms with Crippen molar-refractivity contribution in [2.45, 2.75) is 52.7 Å². The zero-order chi connectivity index (χ0) is 18.1. The number of benzene rings is 1. The lowest BCUT2D eigenvalue weighted by Crippen LogP contribution is -2.39. The molecule has 0 bridgehead atoms. The highest BCUT2D eigenvalue weighted by molar-refractivity contribution is 7.71. The molecule has 2 heterocycles. The molecule has 25 heavy (non-hydrogen) atoms. The van der Waals surface area contributed by atoms with Crippen molar-refractivity contribution in [3.63, 3.8) is 0 Å². The summed E-state index contributed by atoms with van der Waals surface area (Å²) in [6.07, 6.45) is 0.156. The van der Waals surface area contributed by atoms with Crippen LogP contribution in [0.4, 0.5) is 0 Å². The first-order valence-corrected chi connectivity index (χ1v) is 8.97. The molecule has 134 valence electrons. The zero-order valence-corrected chi connectivity index (χ0v) is 15.9. The number of H-pyrrole nitrogens is 1. The lowest BCUT2D eigenvalue weighted by molar-refractivity contribution is -0.127. The van der Waals surface area contributed by atoms with Crippen molar-refractivity contribution in [1.29, 1.82) is 0 Å². The summed E-state index contributed by atoms with van der Waals surface area (Å²) in [5.41, 5.74) is 3.50. The Morgan fingerprint density at radius 1 is 1.44 bits per heavy atom. The van der Waals surface area contributed by atoms with Gasteiger partial charge in [0.15, 0.2) is 10.9 Å². The van der Waals surface area contributed by atoms with Gasteiger partial charge in [-0.05, 0) is 48.8 Å². The summed E-state index contributed by atoms with van der Waals surface area (Å²) in [5, 5.41) is 10.0. The third kappa shape index (κ3) is 3.61. The van der Waals surface area contributed by atoms with Crippen LogP contribution in [0.3, 0.4) is 0 Å². The smallest absolute Gasteiger partial charge is 0.261 e. The molecule has 6 nitrogen and oxygen atoms in total. The van der Waals surface area contributed by atoms with Crippen LogP contribution in [0.15, 0.2) is 12.1 Å². The van der Waals surface area contributed by atoms with E-state index in [9.17, 15) is 4.79 Å². The second-order valence-electron chi connectivity index (χ2n) is 6.84. The average Bonchev–Trinajstić information content (AvgIpc) is 3.12. The highest BCUT2D eigenvalue weighted by Crippen LogP contribution is 2.31. The number of hydrogen-bond donors (Lipinski definition) is 2. The minimum absolute atomic E-state index is 0.0902. The van der Waals surface area contributed by atoms with E-state index in [1.165, 1.54) is 11.1 Å². The molecule has 7 heteroatoms. The number of aryl methyl sites for hydroxylation is 2. The first-order chi connectivity index (χ1) is 11.9. The minimum Gasteiger partial charge on any atom is -0.480 e. The Morgan fingerprint density at radius 2 is 2.16 bits per heavy atom. The van der Waals surface area contributed by atoms with Crippen LogP contribution in [0, 0.1) is 18.6 Å². The van der Waals surface area contributed by atoms with E-state index in [1.807, 2.05) is 17.6 Å². The number of carbonyl (C=O) groups excluding carboxylic acids is 1. The first-order valence-electron chi connectivity index (χ1n) is 8.56. The van der Waals surface area contributed by atoms with E-state index in [2.05, 4.69) is 42.4 Å². The SMILES string of the molecule is Cc1cc2c(cc1C)O[C@H](C(=O)NCCn1c(C(C)C)n[nH]c1=S)C2. The van der Waals surface area contributed by atoms with Gasteiger partial charge in [-0.2, -0.15) is 5.10 Å². The molecule has 3 rings (SSSR count). The third-order valence-corrected chi connectivity index (χ3v) is 4.89. The van der Waals surface area contributed by atoms with Gasteiger partial charge in [0.1, 0.15) is 11.6 Å². The van der Waals surface area contributed by atoms with E-state index in [0.29, 0.717) is 24.3 Å². The zero-order valence-electron chi connectivity index (χ0n) is 15.0. The van der Waals surface area contributed by atoms with Gasteiger partial charge in [0, 0.05) is 25.4 Å². The number of carbonyl (C=O) groups is 1. The molecule has 2 aromatic rings. The number of hydrogen-bond acceptors (Lipinski definition) is 4. The minimum atomic E-state index is -0.460. The molecule has 1 aromatic heterocycles. The Kier molecular flexibility index (Phi) is 4.94. The summed E-state index contributed by atoms with van der Waals surface area (Å²) in [6.45, 7) is 9.32. The fraction of sp³-hybridized carbons (Fsp3) is 0.500. The number of fused-ring (bicyclic) bond motifs is 1. The normalized spacial score (nSPS) is 16.0. The number of amides is 1. The standard InChI is InChI=1S/C18H24N4O2S/c1-10(2)16-20-21-18(25)22(16)6-5-19-17(23)15-9-13-7-11(3)12(4)8-14(13)24-15/h7-8,10,15H,5-6,9H2,1-4H3,(H,19,23)(H,21,25)/t15-/m0/s1. The van der Waals surface area contributed by atoms with Crippen molar-refractivity contribution < 1.29 is 9.53 Å². The molecule has 2 N–H and O–H groups in total. The maximum absolute atomic E-state index is 12.4. The predicted octanol–water partition coefficient (Wildman–Crippen LogP) is 2.80. The maximum Gasteiger partial charge on any atom is 0.261 e. The number of nitrogens with zero attached hydrogens (tertiary/aromatic N) is 2. The van der Waals surface area contributed by atoms with Gasteiger partial charge >= 0.3 is 0 Å². The van der Waals surface area contributed by atoms with Gasteiger partial charge in [0.25, 0.3) is 5.91 Å². The van der Waals surface area contributed by atoms with Crippen LogP contribution >= 0.6 is 12.2 Å². The highest BCUT2D eigenvalue weighted by atomic mass is 32.1. The largest absolute Gasteiger partial charge is 0.480 e. The Bertz CT molecular complexity index is 822. The second-order valence-corrected chi connectivity index (χ2v) is 7.23. The number of aromatic amines is 1. The van der Waals surface area contributed by atoms with Crippen LogP contribution in [0.1, 0.15) is 42.3 Å². The molecule has 0 fully saturated rings. The van der Waals surface area contributed by atoms with Gasteiger partial charge in [-0.25, -0.2) is 0 Å². The van der Waals surface area contributed by atoms with Crippen LogP contribution in [0.2, 0.25) is 0 Å². The Labute approximate surface area is 152 Å². The molecule has 0 saturated carbocycles. The first kappa shape index (κ1) is 17.7. The highest BCUT2D eigenvalue weighted by Gasteiger charge is 2.29. The quantitative estimate of drug-likeness (QED) is 0.805. The summed E-state index contributed by atoms with van der Waals surface area (Å²) >= 11 is 5.26. The number of nitrogens with one attached hydrogen (secondary N) is 2. The molecule has 0 radical (unpaired) electrons. The number of aromatic nitrogens is 3. The Balaban J connectivity index is 1.58. The van der Waals surface area contributed by atoms with Crippen molar-refractivity contribution in [2.75, 3.05) is 6.54 Å². The topological polar surface area (TPSA) is 71.9 Å². The van der Waals surface area contributed by atoms with E-state index in [4.69, 9.17) is 17.0 Å². The van der Waals surface area contributed by atoms with E-state index < -0.39 is 6.10 Å². The molecule has 1 amide bonds. The van der Waals surface area contributed by atoms with Crippen LogP contribution in [0.5, 0.6) is 5.75 Å². The summed E-state index contributed by atoms with van der Waals surface area (Å²) in [4.78, 5) is 12.4. The lowest BCUT2D eigenvalue weighted by Gasteiger charge is -2.13. The molecule has 1 aliphatic heterocycles. The van der Waals surface area contributed by atoms with Crippen LogP contribution in [0.25, 0.3) is 0 Å². The van der Waals surface area contributed by atoms with Crippen LogP contribution in [-0.4, -0.2) is 33.3 Å². The van der Waals surface area contributed by atoms with E-state index in [0.717, 1.165) is 17.1 Å². The lowest BCUT2D eigenvalue weighted by atomic mass is 10.0. The van der Waals surface area contributed by atoms with Crippen molar-refractivity contribution in [2.24, 2.45) is 0 Å². The molecule has 1 atom stereocenters. The van der Waals surface area contributed by atoms with Crippen molar-refractivity contribution in [3.05, 3.63) is 39.4 Å². The van der Waals surface area contributed by atoms with E-state index in [1.54, 1.807) is 0 Å². The fourth-order valence-electron chi connectivity index (χ4n) is 3.05. The maximum atomic E-state index is 12.4. The number of ether oxygens (including phenoxy) is 1. The number of rotatable bonds is 5. The molecule has 0 aliphatic carbocycles. The molecular weight excluding hydrogens is 336 g/mol. The summed E-state index contributed by atoms with van der Waals surface area (Å²) in [5.74, 6) is 1.90. The fourth-order valence-corrected chi connectivity index (χ4v) is 3.28. The van der Waals surface area contributed by atoms with E-state index >= 15 is 0 Å². The van der Waals surface area contributed by atoms with Gasteiger partial charge in [0.2, 0.25) is 0 Å². The second kappa shape index (κ2) is 7.00. The molecule has 0 spiro atoms. The molecule has 1 aliphatic rings. The predicted molar refractivity (Wildman–Crippen MR) is 98.5 cm³/mol. The van der Waals surface area contributed by atoms with Gasteiger partial charge in [-0.1, -0.05) is 19.9 Å². The van der Waals surface area contributed by atoms with E-state index in [-0.39, 0.29) is 11.8 Å². The van der Waals surface area contributed by atoms with Crippen molar-refractivity contribution >= 4 is 18.1 Å². The van der Waals surface area contributed by atoms with Gasteiger partial charge in [-0.15, -0.1) is 0 Å². The molecule has 0 saturated heterocycles. The monoisotopic (exact) mass is 360 g/mol. The van der Waals surface area contributed by atoms with Crippen LogP contribution < -0.4 is 10.1 Å². The van der Waals surface area contributed by atoms with Gasteiger partial charge in [-0.3, -0.25) is 9.89 Å². The third-order valence-electron chi connectivity index (χ3n) is 4.58. The summed E-state index contributed by atoms with van der Waals surface area (Å²) < 4.78 is 8.33. The average molecular weight is 360 g/mol. The van der Waals surface area contributed by atoms with Gasteiger partial charge in [0.05, 0.1) is 0 Å². The summed E-state index contributed by atoms with van der Waals surface area (Å²) in [7, 11) is 0. The summed E-state index contributed by atoms with van der Waals surface area (Å²) in [6, 6.07) is 4.12. The molecular formula is C18H24N4O2S. The molecule has 0 unspecified atom stereocenters. The Hall–Kier alpha value is -2.15. The Morgan fingerprint density at radius 3 is 2.88 bits per heavy atom. The molecule has 1 aromatic carbocycles. The van der Waals surface area contributed by atoms with Crippen molar-refractivity contribution in [3.8, 4) is 5.75 Å².